The Hall–Kier alpha value is -2.04. The van der Waals surface area contributed by atoms with Crippen molar-refractivity contribution in [2.75, 3.05) is 12.8 Å². The molecule has 0 aliphatic carbocycles. The normalized spacial score (nSPS) is 10.4. The second kappa shape index (κ2) is 4.22. The second-order valence-electron chi connectivity index (χ2n) is 3.24. The zero-order valence-electron chi connectivity index (χ0n) is 8.74. The molecule has 2 N–H and O–H groups in total. The molecule has 1 aromatic carbocycles. The standard InChI is InChI=1S/C11H11FN2O2/c1-15-8-4-2-3-7(6-12)11(8)9-5-10(13)14-16-9/h2-5H,6H2,1H3,(H2,13,14). The van der Waals surface area contributed by atoms with E-state index in [1.807, 2.05) is 0 Å². The van der Waals surface area contributed by atoms with Crippen LogP contribution in [0.1, 0.15) is 5.56 Å². The van der Waals surface area contributed by atoms with E-state index >= 15 is 0 Å². The zero-order valence-corrected chi connectivity index (χ0v) is 8.74. The van der Waals surface area contributed by atoms with Gasteiger partial charge in [-0.1, -0.05) is 17.3 Å². The first-order chi connectivity index (χ1) is 7.76. The summed E-state index contributed by atoms with van der Waals surface area (Å²) in [6.45, 7) is -0.604. The van der Waals surface area contributed by atoms with Crippen LogP contribution in [0.4, 0.5) is 10.2 Å². The van der Waals surface area contributed by atoms with E-state index in [9.17, 15) is 4.39 Å². The predicted octanol–water partition coefficient (Wildman–Crippen LogP) is 2.40. The summed E-state index contributed by atoms with van der Waals surface area (Å²) in [5.74, 6) is 1.19. The lowest BCUT2D eigenvalue weighted by Gasteiger charge is -2.08. The number of benzene rings is 1. The molecule has 4 nitrogen and oxygen atoms in total. The Morgan fingerprint density at radius 3 is 2.88 bits per heavy atom. The highest BCUT2D eigenvalue weighted by Gasteiger charge is 2.15. The molecule has 0 aliphatic rings. The monoisotopic (exact) mass is 222 g/mol. The van der Waals surface area contributed by atoms with Crippen molar-refractivity contribution >= 4 is 5.82 Å². The third-order valence-electron chi connectivity index (χ3n) is 2.25. The van der Waals surface area contributed by atoms with Crippen LogP contribution in [0, 0.1) is 0 Å². The maximum absolute atomic E-state index is 12.8. The van der Waals surface area contributed by atoms with E-state index in [1.165, 1.54) is 13.2 Å². The van der Waals surface area contributed by atoms with Gasteiger partial charge in [0.25, 0.3) is 0 Å². The van der Waals surface area contributed by atoms with Gasteiger partial charge < -0.3 is 15.0 Å². The molecule has 0 aliphatic heterocycles. The van der Waals surface area contributed by atoms with Crippen LogP contribution in [0.3, 0.4) is 0 Å². The Labute approximate surface area is 91.8 Å². The summed E-state index contributed by atoms with van der Waals surface area (Å²) in [5.41, 5.74) is 6.49. The highest BCUT2D eigenvalue weighted by Crippen LogP contribution is 2.34. The number of methoxy groups -OCH3 is 1. The fraction of sp³-hybridized carbons (Fsp3) is 0.182. The van der Waals surface area contributed by atoms with Crippen molar-refractivity contribution in [1.82, 2.24) is 5.16 Å². The molecule has 0 radical (unpaired) electrons. The minimum Gasteiger partial charge on any atom is -0.496 e. The first-order valence-electron chi connectivity index (χ1n) is 4.70. The number of nitrogen functional groups attached to an aromatic ring is 1. The van der Waals surface area contributed by atoms with Gasteiger partial charge >= 0.3 is 0 Å². The Balaban J connectivity index is 2.60. The zero-order chi connectivity index (χ0) is 11.5. The number of hydrogen-bond acceptors (Lipinski definition) is 4. The molecular weight excluding hydrogens is 211 g/mol. The van der Waals surface area contributed by atoms with Gasteiger partial charge in [0, 0.05) is 6.07 Å². The second-order valence-corrected chi connectivity index (χ2v) is 3.24. The van der Waals surface area contributed by atoms with E-state index in [0.717, 1.165) is 0 Å². The summed E-state index contributed by atoms with van der Waals surface area (Å²) < 4.78 is 23.0. The molecular formula is C11H11FN2O2. The Morgan fingerprint density at radius 2 is 2.31 bits per heavy atom. The summed E-state index contributed by atoms with van der Waals surface area (Å²) >= 11 is 0. The molecule has 0 saturated heterocycles. The fourth-order valence-electron chi connectivity index (χ4n) is 1.54. The summed E-state index contributed by atoms with van der Waals surface area (Å²) in [6.07, 6.45) is 0. The molecule has 1 aromatic heterocycles. The molecule has 0 amide bonds. The van der Waals surface area contributed by atoms with Gasteiger partial charge in [0.1, 0.15) is 12.4 Å². The van der Waals surface area contributed by atoms with E-state index < -0.39 is 6.67 Å². The lowest BCUT2D eigenvalue weighted by atomic mass is 10.0. The van der Waals surface area contributed by atoms with Crippen LogP contribution in [-0.4, -0.2) is 12.3 Å². The number of halogens is 1. The quantitative estimate of drug-likeness (QED) is 0.866. The third kappa shape index (κ3) is 1.71. The van der Waals surface area contributed by atoms with Crippen LogP contribution in [0.2, 0.25) is 0 Å². The number of alkyl halides is 1. The van der Waals surface area contributed by atoms with Crippen LogP contribution >= 0.6 is 0 Å². The minimum atomic E-state index is -0.604. The molecule has 0 spiro atoms. The van der Waals surface area contributed by atoms with Crippen molar-refractivity contribution in [3.8, 4) is 17.1 Å². The highest BCUT2D eigenvalue weighted by atomic mass is 19.1. The van der Waals surface area contributed by atoms with E-state index in [0.29, 0.717) is 22.6 Å². The number of rotatable bonds is 3. The van der Waals surface area contributed by atoms with Gasteiger partial charge in [-0.25, -0.2) is 4.39 Å². The smallest absolute Gasteiger partial charge is 0.173 e. The van der Waals surface area contributed by atoms with Gasteiger partial charge in [0.05, 0.1) is 12.7 Å². The van der Waals surface area contributed by atoms with E-state index in [-0.39, 0.29) is 5.82 Å². The van der Waals surface area contributed by atoms with Crippen molar-refractivity contribution in [2.24, 2.45) is 0 Å². The van der Waals surface area contributed by atoms with Crippen LogP contribution in [0.5, 0.6) is 5.75 Å². The lowest BCUT2D eigenvalue weighted by Crippen LogP contribution is -1.92. The Morgan fingerprint density at radius 1 is 1.50 bits per heavy atom. The number of nitrogens with two attached hydrogens (primary N) is 1. The van der Waals surface area contributed by atoms with E-state index in [4.69, 9.17) is 15.0 Å². The predicted molar refractivity (Wildman–Crippen MR) is 57.7 cm³/mol. The van der Waals surface area contributed by atoms with Crippen molar-refractivity contribution in [1.29, 1.82) is 0 Å². The van der Waals surface area contributed by atoms with Crippen molar-refractivity contribution in [2.45, 2.75) is 6.67 Å². The number of anilines is 1. The van der Waals surface area contributed by atoms with Gasteiger partial charge in [-0.2, -0.15) is 0 Å². The largest absolute Gasteiger partial charge is 0.496 e. The van der Waals surface area contributed by atoms with Gasteiger partial charge in [0.2, 0.25) is 0 Å². The first kappa shape index (κ1) is 10.5. The van der Waals surface area contributed by atoms with Crippen LogP contribution in [-0.2, 0) is 6.67 Å². The van der Waals surface area contributed by atoms with Gasteiger partial charge in [-0.05, 0) is 11.6 Å². The van der Waals surface area contributed by atoms with Crippen molar-refractivity contribution < 1.29 is 13.7 Å². The average Bonchev–Trinajstić information content (AvgIpc) is 2.74. The van der Waals surface area contributed by atoms with Crippen LogP contribution < -0.4 is 10.5 Å². The molecule has 2 rings (SSSR count). The number of nitrogens with zero attached hydrogens (tertiary/aromatic N) is 1. The molecule has 84 valence electrons. The topological polar surface area (TPSA) is 61.3 Å². The van der Waals surface area contributed by atoms with Gasteiger partial charge in [-0.3, -0.25) is 0 Å². The Bertz CT molecular complexity index is 474. The summed E-state index contributed by atoms with van der Waals surface area (Å²) in [4.78, 5) is 0. The SMILES string of the molecule is COc1cccc(CF)c1-c1cc(N)no1. The van der Waals surface area contributed by atoms with Crippen LogP contribution in [0.15, 0.2) is 28.8 Å². The number of hydrogen-bond donors (Lipinski definition) is 1. The van der Waals surface area contributed by atoms with Crippen LogP contribution in [0.25, 0.3) is 11.3 Å². The molecule has 0 bridgehead atoms. The summed E-state index contributed by atoms with van der Waals surface area (Å²) in [7, 11) is 1.51. The molecule has 1 heterocycles. The number of aromatic nitrogens is 1. The summed E-state index contributed by atoms with van der Waals surface area (Å²) in [6, 6.07) is 6.65. The molecule has 0 fully saturated rings. The third-order valence-corrected chi connectivity index (χ3v) is 2.25. The van der Waals surface area contributed by atoms with Gasteiger partial charge in [-0.15, -0.1) is 0 Å². The molecule has 0 saturated carbocycles. The molecule has 16 heavy (non-hydrogen) atoms. The molecule has 0 atom stereocenters. The maximum Gasteiger partial charge on any atom is 0.173 e. The molecule has 5 heteroatoms. The molecule has 2 aromatic rings. The Kier molecular flexibility index (Phi) is 2.76. The van der Waals surface area contributed by atoms with Crippen molar-refractivity contribution in [3.05, 3.63) is 29.8 Å². The minimum absolute atomic E-state index is 0.255. The summed E-state index contributed by atoms with van der Waals surface area (Å²) in [5, 5.41) is 3.57. The maximum atomic E-state index is 12.8. The van der Waals surface area contributed by atoms with E-state index in [1.54, 1.807) is 18.2 Å². The highest BCUT2D eigenvalue weighted by molar-refractivity contribution is 5.71. The van der Waals surface area contributed by atoms with Crippen molar-refractivity contribution in [3.63, 3.8) is 0 Å². The lowest BCUT2D eigenvalue weighted by molar-refractivity contribution is 0.403. The number of ether oxygens (including phenoxy) is 1. The fourth-order valence-corrected chi connectivity index (χ4v) is 1.54. The van der Waals surface area contributed by atoms with Gasteiger partial charge in [0.15, 0.2) is 11.6 Å². The first-order valence-corrected chi connectivity index (χ1v) is 4.70. The van der Waals surface area contributed by atoms with E-state index in [2.05, 4.69) is 5.16 Å². The average molecular weight is 222 g/mol. The molecule has 0 unspecified atom stereocenters.